The highest BCUT2D eigenvalue weighted by Gasteiger charge is 2.13. The molecule has 0 aliphatic rings. The molecule has 0 aliphatic heterocycles. The van der Waals surface area contributed by atoms with Crippen molar-refractivity contribution in [2.24, 2.45) is 0 Å². The normalized spacial score (nSPS) is 12.3. The number of hydrogen-bond acceptors (Lipinski definition) is 3. The van der Waals surface area contributed by atoms with Crippen molar-refractivity contribution in [1.29, 1.82) is 0 Å². The van der Waals surface area contributed by atoms with Gasteiger partial charge in [0.1, 0.15) is 17.6 Å². The first-order chi connectivity index (χ1) is 10.0. The molecule has 0 spiro atoms. The maximum atomic E-state index is 10.5. The number of hydrogen-bond donors (Lipinski definition) is 1. The Balaban J connectivity index is 2.27. The Labute approximate surface area is 126 Å². The number of benzene rings is 2. The standard InChI is InChI=1S/C18H22O3/c1-12(2)21-16-7-5-6-14(11-16)18(19)15-8-9-17(20-4)13(3)10-15/h5-12,18-19H,1-4H3. The summed E-state index contributed by atoms with van der Waals surface area (Å²) in [5, 5.41) is 10.5. The van der Waals surface area contributed by atoms with E-state index in [4.69, 9.17) is 9.47 Å². The van der Waals surface area contributed by atoms with Crippen molar-refractivity contribution in [1.82, 2.24) is 0 Å². The summed E-state index contributed by atoms with van der Waals surface area (Å²) in [5.41, 5.74) is 2.66. The van der Waals surface area contributed by atoms with Crippen molar-refractivity contribution in [2.45, 2.75) is 33.0 Å². The van der Waals surface area contributed by atoms with Gasteiger partial charge in [0, 0.05) is 0 Å². The van der Waals surface area contributed by atoms with Crippen molar-refractivity contribution >= 4 is 0 Å². The summed E-state index contributed by atoms with van der Waals surface area (Å²) < 4.78 is 10.9. The number of aryl methyl sites for hydroxylation is 1. The molecule has 0 aromatic heterocycles. The van der Waals surface area contributed by atoms with E-state index >= 15 is 0 Å². The highest BCUT2D eigenvalue weighted by Crippen LogP contribution is 2.28. The van der Waals surface area contributed by atoms with E-state index in [1.807, 2.05) is 63.2 Å². The van der Waals surface area contributed by atoms with Gasteiger partial charge < -0.3 is 14.6 Å². The highest BCUT2D eigenvalue weighted by molar-refractivity contribution is 5.41. The molecular weight excluding hydrogens is 264 g/mol. The molecule has 1 unspecified atom stereocenters. The van der Waals surface area contributed by atoms with E-state index in [0.717, 1.165) is 28.2 Å². The number of rotatable bonds is 5. The van der Waals surface area contributed by atoms with Gasteiger partial charge in [-0.15, -0.1) is 0 Å². The van der Waals surface area contributed by atoms with E-state index in [-0.39, 0.29) is 6.10 Å². The summed E-state index contributed by atoms with van der Waals surface area (Å²) in [6, 6.07) is 13.3. The van der Waals surface area contributed by atoms with Gasteiger partial charge in [0.05, 0.1) is 13.2 Å². The zero-order valence-electron chi connectivity index (χ0n) is 13.0. The third kappa shape index (κ3) is 3.76. The second kappa shape index (κ2) is 6.64. The summed E-state index contributed by atoms with van der Waals surface area (Å²) in [6.45, 7) is 5.93. The Morgan fingerprint density at radius 1 is 1.00 bits per heavy atom. The van der Waals surface area contributed by atoms with E-state index in [1.54, 1.807) is 7.11 Å². The van der Waals surface area contributed by atoms with Crippen molar-refractivity contribution in [3.63, 3.8) is 0 Å². The van der Waals surface area contributed by atoms with Crippen LogP contribution in [0.3, 0.4) is 0 Å². The molecule has 0 fully saturated rings. The van der Waals surface area contributed by atoms with Crippen LogP contribution in [0, 0.1) is 6.92 Å². The third-order valence-corrected chi connectivity index (χ3v) is 3.28. The van der Waals surface area contributed by atoms with E-state index in [1.165, 1.54) is 0 Å². The minimum Gasteiger partial charge on any atom is -0.496 e. The largest absolute Gasteiger partial charge is 0.496 e. The van der Waals surface area contributed by atoms with Gasteiger partial charge in [0.2, 0.25) is 0 Å². The second-order valence-electron chi connectivity index (χ2n) is 5.37. The molecule has 2 aromatic rings. The van der Waals surface area contributed by atoms with Crippen molar-refractivity contribution in [3.05, 3.63) is 59.2 Å². The highest BCUT2D eigenvalue weighted by atomic mass is 16.5. The first kappa shape index (κ1) is 15.4. The van der Waals surface area contributed by atoms with Crippen LogP contribution in [0.25, 0.3) is 0 Å². The number of aliphatic hydroxyl groups is 1. The number of aliphatic hydroxyl groups excluding tert-OH is 1. The Morgan fingerprint density at radius 3 is 2.33 bits per heavy atom. The summed E-state index contributed by atoms with van der Waals surface area (Å²) in [4.78, 5) is 0. The molecule has 3 heteroatoms. The smallest absolute Gasteiger partial charge is 0.121 e. The SMILES string of the molecule is COc1ccc(C(O)c2cccc(OC(C)C)c2)cc1C. The molecule has 0 amide bonds. The predicted molar refractivity (Wildman–Crippen MR) is 84.0 cm³/mol. The van der Waals surface area contributed by atoms with E-state index in [9.17, 15) is 5.11 Å². The zero-order valence-corrected chi connectivity index (χ0v) is 13.0. The molecule has 2 rings (SSSR count). The summed E-state index contributed by atoms with van der Waals surface area (Å²) in [6.07, 6.45) is -0.564. The molecule has 2 aromatic carbocycles. The number of ether oxygens (including phenoxy) is 2. The fraction of sp³-hybridized carbons (Fsp3) is 0.333. The number of methoxy groups -OCH3 is 1. The monoisotopic (exact) mass is 286 g/mol. The quantitative estimate of drug-likeness (QED) is 0.906. The van der Waals surface area contributed by atoms with Gasteiger partial charge in [-0.25, -0.2) is 0 Å². The minimum atomic E-state index is -0.676. The van der Waals surface area contributed by atoms with Crippen molar-refractivity contribution in [2.75, 3.05) is 7.11 Å². The maximum Gasteiger partial charge on any atom is 0.121 e. The van der Waals surface area contributed by atoms with Crippen LogP contribution in [0.5, 0.6) is 11.5 Å². The Morgan fingerprint density at radius 2 is 1.71 bits per heavy atom. The zero-order chi connectivity index (χ0) is 15.4. The van der Waals surface area contributed by atoms with Gasteiger partial charge >= 0.3 is 0 Å². The lowest BCUT2D eigenvalue weighted by Gasteiger charge is -2.16. The van der Waals surface area contributed by atoms with Crippen LogP contribution >= 0.6 is 0 Å². The Kier molecular flexibility index (Phi) is 4.86. The van der Waals surface area contributed by atoms with E-state index < -0.39 is 6.10 Å². The molecule has 21 heavy (non-hydrogen) atoms. The average molecular weight is 286 g/mol. The third-order valence-electron chi connectivity index (χ3n) is 3.28. The maximum absolute atomic E-state index is 10.5. The predicted octanol–water partition coefficient (Wildman–Crippen LogP) is 3.87. The minimum absolute atomic E-state index is 0.112. The van der Waals surface area contributed by atoms with Crippen LogP contribution in [0.1, 0.15) is 36.6 Å². The lowest BCUT2D eigenvalue weighted by molar-refractivity contribution is 0.216. The molecule has 0 saturated heterocycles. The van der Waals surface area contributed by atoms with E-state index in [2.05, 4.69) is 0 Å². The van der Waals surface area contributed by atoms with Crippen LogP contribution in [-0.2, 0) is 0 Å². The topological polar surface area (TPSA) is 38.7 Å². The average Bonchev–Trinajstić information content (AvgIpc) is 2.46. The van der Waals surface area contributed by atoms with Crippen LogP contribution in [0.2, 0.25) is 0 Å². The van der Waals surface area contributed by atoms with E-state index in [0.29, 0.717) is 0 Å². The Bertz CT molecular complexity index is 605. The molecule has 1 atom stereocenters. The molecule has 0 heterocycles. The van der Waals surface area contributed by atoms with Crippen LogP contribution in [0.4, 0.5) is 0 Å². The van der Waals surface area contributed by atoms with Gasteiger partial charge in [-0.2, -0.15) is 0 Å². The first-order valence-electron chi connectivity index (χ1n) is 7.10. The first-order valence-corrected chi connectivity index (χ1v) is 7.10. The van der Waals surface area contributed by atoms with Crippen molar-refractivity contribution in [3.8, 4) is 11.5 Å². The van der Waals surface area contributed by atoms with Gasteiger partial charge in [-0.05, 0) is 61.7 Å². The molecule has 0 saturated carbocycles. The molecule has 0 bridgehead atoms. The molecule has 0 radical (unpaired) electrons. The molecule has 3 nitrogen and oxygen atoms in total. The Hall–Kier alpha value is -2.00. The molecule has 1 N–H and O–H groups in total. The lowest BCUT2D eigenvalue weighted by Crippen LogP contribution is -2.06. The van der Waals surface area contributed by atoms with Gasteiger partial charge in [-0.3, -0.25) is 0 Å². The van der Waals surface area contributed by atoms with Gasteiger partial charge in [0.15, 0.2) is 0 Å². The summed E-state index contributed by atoms with van der Waals surface area (Å²) in [7, 11) is 1.64. The molecular formula is C18H22O3. The summed E-state index contributed by atoms with van der Waals surface area (Å²) in [5.74, 6) is 1.59. The molecule has 0 aliphatic carbocycles. The van der Waals surface area contributed by atoms with Crippen LogP contribution < -0.4 is 9.47 Å². The lowest BCUT2D eigenvalue weighted by atomic mass is 9.99. The fourth-order valence-electron chi connectivity index (χ4n) is 2.29. The molecule has 112 valence electrons. The fourth-order valence-corrected chi connectivity index (χ4v) is 2.29. The van der Waals surface area contributed by atoms with Crippen LogP contribution in [-0.4, -0.2) is 18.3 Å². The van der Waals surface area contributed by atoms with Crippen LogP contribution in [0.15, 0.2) is 42.5 Å². The van der Waals surface area contributed by atoms with Gasteiger partial charge in [-0.1, -0.05) is 18.2 Å². The summed E-state index contributed by atoms with van der Waals surface area (Å²) >= 11 is 0. The second-order valence-corrected chi connectivity index (χ2v) is 5.37. The van der Waals surface area contributed by atoms with Crippen molar-refractivity contribution < 1.29 is 14.6 Å². The van der Waals surface area contributed by atoms with Gasteiger partial charge in [0.25, 0.3) is 0 Å².